The van der Waals surface area contributed by atoms with E-state index in [0.717, 1.165) is 13.1 Å². The number of likely N-dealkylation sites (N-methyl/N-ethyl adjacent to an activating group) is 1. The molecule has 182 valence electrons. The maximum atomic E-state index is 13.3. The van der Waals surface area contributed by atoms with Crippen molar-refractivity contribution in [2.45, 2.75) is 19.9 Å². The second-order valence-corrected chi connectivity index (χ2v) is 7.83. The zero-order chi connectivity index (χ0) is 24.8. The fraction of sp³-hybridized carbons (Fsp3) is 0.385. The molecule has 1 saturated heterocycles. The van der Waals surface area contributed by atoms with Crippen LogP contribution in [0.25, 0.3) is 5.76 Å². The number of likely N-dealkylation sites (tertiary alicyclic amines) is 1. The summed E-state index contributed by atoms with van der Waals surface area (Å²) in [5, 5.41) is 11.3. The van der Waals surface area contributed by atoms with Gasteiger partial charge in [-0.1, -0.05) is 32.0 Å². The first-order valence-electron chi connectivity index (χ1n) is 11.3. The van der Waals surface area contributed by atoms with E-state index in [1.165, 1.54) is 26.2 Å². The Bertz CT molecular complexity index is 1080. The lowest BCUT2D eigenvalue weighted by molar-refractivity contribution is -0.140. The summed E-state index contributed by atoms with van der Waals surface area (Å²) in [6.07, 6.45) is 0. The summed E-state index contributed by atoms with van der Waals surface area (Å²) >= 11 is 0. The number of carbonyl (C=O) groups is 2. The third-order valence-corrected chi connectivity index (χ3v) is 6.18. The highest BCUT2D eigenvalue weighted by molar-refractivity contribution is 6.46. The number of nitrogens with zero attached hydrogens (tertiary/aromatic N) is 2. The summed E-state index contributed by atoms with van der Waals surface area (Å²) in [5.74, 6) is -0.268. The number of benzene rings is 2. The van der Waals surface area contributed by atoms with Gasteiger partial charge in [0.15, 0.2) is 11.5 Å². The molecule has 8 nitrogen and oxygen atoms in total. The van der Waals surface area contributed by atoms with E-state index >= 15 is 0 Å². The highest BCUT2D eigenvalue weighted by Crippen LogP contribution is 2.42. The summed E-state index contributed by atoms with van der Waals surface area (Å²) in [5.41, 5.74) is 0.992. The van der Waals surface area contributed by atoms with Crippen molar-refractivity contribution in [1.82, 2.24) is 9.80 Å². The van der Waals surface area contributed by atoms with E-state index in [9.17, 15) is 14.7 Å². The highest BCUT2D eigenvalue weighted by Gasteiger charge is 2.46. The lowest BCUT2D eigenvalue weighted by atomic mass is 9.94. The van der Waals surface area contributed by atoms with E-state index < -0.39 is 17.7 Å². The van der Waals surface area contributed by atoms with Crippen LogP contribution in [0.5, 0.6) is 17.2 Å². The molecule has 8 heteroatoms. The van der Waals surface area contributed by atoms with Crippen LogP contribution in [0.4, 0.5) is 0 Å². The van der Waals surface area contributed by atoms with Gasteiger partial charge in [-0.15, -0.1) is 0 Å². The molecule has 2 aromatic rings. The molecule has 0 aliphatic carbocycles. The third kappa shape index (κ3) is 4.72. The molecule has 34 heavy (non-hydrogen) atoms. The zero-order valence-electron chi connectivity index (χ0n) is 20.3. The van der Waals surface area contributed by atoms with Gasteiger partial charge in [0, 0.05) is 13.1 Å². The molecule has 3 rings (SSSR count). The maximum Gasteiger partial charge on any atom is 0.295 e. The molecule has 0 radical (unpaired) electrons. The molecule has 0 saturated carbocycles. The van der Waals surface area contributed by atoms with Gasteiger partial charge in [-0.05, 0) is 42.9 Å². The number of para-hydroxylation sites is 1. The SMILES string of the molecule is CCN(CC)CCN1C(=O)C(=O)C(=C(O)c2ccccc2OC)[C@@H]1c1ccc(OC)c(OC)c1. The molecule has 1 aliphatic heterocycles. The van der Waals surface area contributed by atoms with Crippen LogP contribution in [0, 0.1) is 0 Å². The van der Waals surface area contributed by atoms with Crippen LogP contribution in [0.2, 0.25) is 0 Å². The maximum absolute atomic E-state index is 13.3. The lowest BCUT2D eigenvalue weighted by Gasteiger charge is -2.28. The highest BCUT2D eigenvalue weighted by atomic mass is 16.5. The second-order valence-electron chi connectivity index (χ2n) is 7.83. The van der Waals surface area contributed by atoms with E-state index in [1.54, 1.807) is 42.5 Å². The standard InChI is InChI=1S/C26H32N2O6/c1-6-27(7-2)14-15-28-23(17-12-13-20(33-4)21(16-17)34-5)22(25(30)26(28)31)24(29)18-10-8-9-11-19(18)32-3/h8-13,16,23,29H,6-7,14-15H2,1-5H3/t23-/m0/s1. The summed E-state index contributed by atoms with van der Waals surface area (Å²) in [6, 6.07) is 11.3. The van der Waals surface area contributed by atoms with Crippen LogP contribution in [-0.4, -0.2) is 74.1 Å². The van der Waals surface area contributed by atoms with Gasteiger partial charge in [0.25, 0.3) is 11.7 Å². The molecule has 0 unspecified atom stereocenters. The molecule has 1 fully saturated rings. The van der Waals surface area contributed by atoms with Gasteiger partial charge in [0.2, 0.25) is 0 Å². The smallest absolute Gasteiger partial charge is 0.295 e. The number of Topliss-reactive ketones (excluding diaryl/α,β-unsaturated/α-hetero) is 1. The number of carbonyl (C=O) groups excluding carboxylic acids is 2. The molecular formula is C26H32N2O6. The van der Waals surface area contributed by atoms with Gasteiger partial charge in [-0.2, -0.15) is 0 Å². The van der Waals surface area contributed by atoms with Crippen LogP contribution in [0.3, 0.4) is 0 Å². The van der Waals surface area contributed by atoms with Gasteiger partial charge in [-0.3, -0.25) is 9.59 Å². The number of aliphatic hydroxyl groups is 1. The molecule has 0 bridgehead atoms. The minimum absolute atomic E-state index is 0.0151. The number of ether oxygens (including phenoxy) is 3. The molecule has 1 heterocycles. The number of methoxy groups -OCH3 is 3. The fourth-order valence-electron chi connectivity index (χ4n) is 4.25. The molecule has 0 aromatic heterocycles. The minimum atomic E-state index is -0.791. The van der Waals surface area contributed by atoms with Gasteiger partial charge in [-0.25, -0.2) is 0 Å². The van der Waals surface area contributed by atoms with Crippen LogP contribution in [0.15, 0.2) is 48.0 Å². The molecular weight excluding hydrogens is 436 g/mol. The Hall–Kier alpha value is -3.52. The van der Waals surface area contributed by atoms with E-state index in [0.29, 0.717) is 41.5 Å². The van der Waals surface area contributed by atoms with Gasteiger partial charge in [0.05, 0.1) is 38.5 Å². The molecule has 0 spiro atoms. The molecule has 1 N–H and O–H groups in total. The number of amides is 1. The number of hydrogen-bond donors (Lipinski definition) is 1. The summed E-state index contributed by atoms with van der Waals surface area (Å²) in [4.78, 5) is 30.1. The van der Waals surface area contributed by atoms with Crippen molar-refractivity contribution >= 4 is 17.4 Å². The Morgan fingerprint density at radius 2 is 1.59 bits per heavy atom. The lowest BCUT2D eigenvalue weighted by Crippen LogP contribution is -2.38. The van der Waals surface area contributed by atoms with Gasteiger partial charge in [0.1, 0.15) is 11.5 Å². The largest absolute Gasteiger partial charge is 0.507 e. The first-order chi connectivity index (χ1) is 16.4. The van der Waals surface area contributed by atoms with Gasteiger partial charge >= 0.3 is 0 Å². The first-order valence-corrected chi connectivity index (χ1v) is 11.3. The minimum Gasteiger partial charge on any atom is -0.507 e. The summed E-state index contributed by atoms with van der Waals surface area (Å²) < 4.78 is 16.2. The van der Waals surface area contributed by atoms with Gasteiger partial charge < -0.3 is 29.1 Å². The topological polar surface area (TPSA) is 88.5 Å². The summed E-state index contributed by atoms with van der Waals surface area (Å²) in [6.45, 7) is 6.66. The number of aliphatic hydroxyl groups excluding tert-OH is 1. The molecule has 1 amide bonds. The fourth-order valence-corrected chi connectivity index (χ4v) is 4.25. The second kappa shape index (κ2) is 11.1. The van der Waals surface area contributed by atoms with Crippen LogP contribution in [-0.2, 0) is 9.59 Å². The Kier molecular flexibility index (Phi) is 8.17. The van der Waals surface area contributed by atoms with E-state index in [4.69, 9.17) is 14.2 Å². The van der Waals surface area contributed by atoms with Crippen LogP contribution < -0.4 is 14.2 Å². The summed E-state index contributed by atoms with van der Waals surface area (Å²) in [7, 11) is 4.55. The van der Waals surface area contributed by atoms with Crippen LogP contribution >= 0.6 is 0 Å². The molecule has 1 atom stereocenters. The number of rotatable bonds is 10. The van der Waals surface area contributed by atoms with Crippen LogP contribution in [0.1, 0.15) is 31.0 Å². The van der Waals surface area contributed by atoms with Crippen molar-refractivity contribution in [2.24, 2.45) is 0 Å². The molecule has 2 aromatic carbocycles. The quantitative estimate of drug-likeness (QED) is 0.324. The predicted molar refractivity (Wildman–Crippen MR) is 129 cm³/mol. The monoisotopic (exact) mass is 468 g/mol. The van der Waals surface area contributed by atoms with E-state index in [-0.39, 0.29) is 11.3 Å². The Morgan fingerprint density at radius 1 is 0.941 bits per heavy atom. The Balaban J connectivity index is 2.18. The molecule has 1 aliphatic rings. The van der Waals surface area contributed by atoms with Crippen molar-refractivity contribution < 1.29 is 28.9 Å². The van der Waals surface area contributed by atoms with Crippen molar-refractivity contribution in [3.8, 4) is 17.2 Å². The average molecular weight is 469 g/mol. The Labute approximate surface area is 200 Å². The van der Waals surface area contributed by atoms with Crippen molar-refractivity contribution in [1.29, 1.82) is 0 Å². The van der Waals surface area contributed by atoms with Crippen molar-refractivity contribution in [2.75, 3.05) is 47.5 Å². The third-order valence-electron chi connectivity index (χ3n) is 6.18. The van der Waals surface area contributed by atoms with Crippen molar-refractivity contribution in [3.05, 3.63) is 59.2 Å². The van der Waals surface area contributed by atoms with E-state index in [1.807, 2.05) is 13.8 Å². The number of ketones is 1. The van der Waals surface area contributed by atoms with Crippen molar-refractivity contribution in [3.63, 3.8) is 0 Å². The normalized spacial score (nSPS) is 17.4. The average Bonchev–Trinajstić information content (AvgIpc) is 3.13. The first kappa shape index (κ1) is 25.1. The number of hydrogen-bond acceptors (Lipinski definition) is 7. The zero-order valence-corrected chi connectivity index (χ0v) is 20.3. The van der Waals surface area contributed by atoms with E-state index in [2.05, 4.69) is 4.90 Å². The Morgan fingerprint density at radius 3 is 2.21 bits per heavy atom. The predicted octanol–water partition coefficient (Wildman–Crippen LogP) is 3.48.